The molecule has 1 aromatic heterocycles. The van der Waals surface area contributed by atoms with Gasteiger partial charge >= 0.3 is 0 Å². The van der Waals surface area contributed by atoms with E-state index in [0.29, 0.717) is 23.7 Å². The highest BCUT2D eigenvalue weighted by Crippen LogP contribution is 2.49. The van der Waals surface area contributed by atoms with Gasteiger partial charge in [-0.05, 0) is 30.5 Å². The van der Waals surface area contributed by atoms with E-state index in [9.17, 15) is 9.59 Å². The molecule has 0 bridgehead atoms. The van der Waals surface area contributed by atoms with Gasteiger partial charge in [-0.1, -0.05) is 43.1 Å². The maximum Gasteiger partial charge on any atom is 0.270 e. The Hall–Kier alpha value is -2.27. The summed E-state index contributed by atoms with van der Waals surface area (Å²) in [6, 6.07) is 9.38. The number of para-hydroxylation sites is 1. The first kappa shape index (κ1) is 17.2. The Morgan fingerprint density at radius 1 is 1.38 bits per heavy atom. The van der Waals surface area contributed by atoms with Gasteiger partial charge in [-0.15, -0.1) is 0 Å². The number of hydrogen-bond acceptors (Lipinski definition) is 2. The Morgan fingerprint density at radius 2 is 2.15 bits per heavy atom. The Morgan fingerprint density at radius 3 is 2.85 bits per heavy atom. The number of likely N-dealkylation sites (tertiary alicyclic amines) is 1. The van der Waals surface area contributed by atoms with Crippen molar-refractivity contribution in [1.82, 2.24) is 9.47 Å². The smallest absolute Gasteiger partial charge is 0.270 e. The Balaban J connectivity index is 1.77. The fourth-order valence-corrected chi connectivity index (χ4v) is 4.85. The van der Waals surface area contributed by atoms with Crippen molar-refractivity contribution < 1.29 is 9.59 Å². The highest BCUT2D eigenvalue weighted by molar-refractivity contribution is 6.31. The number of carbonyl (C=O) groups excluding carboxylic acids is 2. The van der Waals surface area contributed by atoms with Crippen molar-refractivity contribution in [1.29, 1.82) is 0 Å². The molecule has 2 aromatic rings. The van der Waals surface area contributed by atoms with E-state index in [2.05, 4.69) is 12.2 Å². The van der Waals surface area contributed by atoms with Crippen LogP contribution in [0.2, 0.25) is 5.02 Å². The normalized spacial score (nSPS) is 24.2. The van der Waals surface area contributed by atoms with Gasteiger partial charge in [0.05, 0.1) is 16.5 Å². The number of amides is 2. The molecular weight excluding hydrogens is 350 g/mol. The molecule has 1 N–H and O–H groups in total. The summed E-state index contributed by atoms with van der Waals surface area (Å²) >= 11 is 6.07. The zero-order valence-corrected chi connectivity index (χ0v) is 15.7. The summed E-state index contributed by atoms with van der Waals surface area (Å²) in [7, 11) is 1.82. The Labute approximate surface area is 157 Å². The minimum Gasteiger partial charge on any atom is -0.345 e. The third-order valence-corrected chi connectivity index (χ3v) is 5.97. The number of carbonyl (C=O) groups is 2. The molecule has 0 aliphatic carbocycles. The molecule has 1 saturated heterocycles. The molecule has 26 heavy (non-hydrogen) atoms. The Bertz CT molecular complexity index is 891. The number of halogens is 1. The van der Waals surface area contributed by atoms with E-state index in [4.69, 9.17) is 11.6 Å². The van der Waals surface area contributed by atoms with Crippen LogP contribution < -0.4 is 5.32 Å². The lowest BCUT2D eigenvalue weighted by Crippen LogP contribution is -2.49. The number of benzene rings is 1. The maximum absolute atomic E-state index is 13.2. The summed E-state index contributed by atoms with van der Waals surface area (Å²) in [6.07, 6.45) is 4.06. The van der Waals surface area contributed by atoms with Gasteiger partial charge in [0.25, 0.3) is 5.91 Å². The molecule has 4 rings (SSSR count). The van der Waals surface area contributed by atoms with Gasteiger partial charge < -0.3 is 14.8 Å². The molecule has 3 heterocycles. The topological polar surface area (TPSA) is 54.3 Å². The lowest BCUT2D eigenvalue weighted by Gasteiger charge is -2.34. The van der Waals surface area contributed by atoms with Crippen molar-refractivity contribution >= 4 is 29.1 Å². The van der Waals surface area contributed by atoms with Crippen LogP contribution in [0.3, 0.4) is 0 Å². The third kappa shape index (κ3) is 2.30. The molecule has 6 heteroatoms. The second-order valence-electron chi connectivity index (χ2n) is 7.18. The second-order valence-corrected chi connectivity index (χ2v) is 7.61. The number of fused-ring (bicyclic) bond motifs is 2. The van der Waals surface area contributed by atoms with E-state index in [1.54, 1.807) is 16.8 Å². The summed E-state index contributed by atoms with van der Waals surface area (Å²) in [4.78, 5) is 28.2. The van der Waals surface area contributed by atoms with Crippen LogP contribution in [-0.4, -0.2) is 33.9 Å². The quantitative estimate of drug-likeness (QED) is 0.896. The van der Waals surface area contributed by atoms with Crippen LogP contribution in [0, 0.1) is 0 Å². The predicted octanol–water partition coefficient (Wildman–Crippen LogP) is 3.58. The summed E-state index contributed by atoms with van der Waals surface area (Å²) in [5.74, 6) is -0.0516. The van der Waals surface area contributed by atoms with Crippen LogP contribution in [0.15, 0.2) is 36.5 Å². The number of anilines is 1. The molecule has 2 amide bonds. The van der Waals surface area contributed by atoms with Crippen molar-refractivity contribution in [2.24, 2.45) is 7.05 Å². The zero-order valence-electron chi connectivity index (χ0n) is 15.0. The zero-order chi connectivity index (χ0) is 18.5. The average Bonchev–Trinajstić information content (AvgIpc) is 3.24. The molecule has 2 atom stereocenters. The van der Waals surface area contributed by atoms with Gasteiger partial charge in [-0.25, -0.2) is 0 Å². The molecular formula is C20H22ClN3O2. The van der Waals surface area contributed by atoms with E-state index in [1.807, 2.05) is 36.2 Å². The molecule has 0 radical (unpaired) electrons. The molecule has 136 valence electrons. The molecule has 1 fully saturated rings. The summed E-state index contributed by atoms with van der Waals surface area (Å²) in [5, 5.41) is 3.57. The van der Waals surface area contributed by atoms with Crippen molar-refractivity contribution in [2.45, 2.75) is 37.6 Å². The van der Waals surface area contributed by atoms with Crippen molar-refractivity contribution in [3.63, 3.8) is 0 Å². The van der Waals surface area contributed by atoms with Gasteiger partial charge in [0.2, 0.25) is 5.91 Å². The van der Waals surface area contributed by atoms with E-state index >= 15 is 0 Å². The van der Waals surface area contributed by atoms with Crippen LogP contribution in [0.25, 0.3) is 0 Å². The van der Waals surface area contributed by atoms with E-state index in [1.165, 1.54) is 0 Å². The molecule has 1 spiro atoms. The van der Waals surface area contributed by atoms with E-state index in [-0.39, 0.29) is 17.9 Å². The van der Waals surface area contributed by atoms with Gasteiger partial charge in [0, 0.05) is 25.5 Å². The van der Waals surface area contributed by atoms with Crippen LogP contribution >= 0.6 is 11.6 Å². The first-order valence-electron chi connectivity index (χ1n) is 9.03. The van der Waals surface area contributed by atoms with E-state index < -0.39 is 5.41 Å². The molecule has 0 saturated carbocycles. The van der Waals surface area contributed by atoms with Crippen LogP contribution in [0.5, 0.6) is 0 Å². The monoisotopic (exact) mass is 371 g/mol. The third-order valence-electron chi connectivity index (χ3n) is 5.77. The fraction of sp³-hybridized carbons (Fsp3) is 0.400. The number of nitrogens with one attached hydrogen (secondary N) is 1. The molecule has 5 nitrogen and oxygen atoms in total. The number of rotatable bonds is 3. The van der Waals surface area contributed by atoms with Crippen molar-refractivity contribution in [2.75, 3.05) is 11.9 Å². The number of aromatic nitrogens is 1. The maximum atomic E-state index is 13.2. The van der Waals surface area contributed by atoms with Crippen molar-refractivity contribution in [3.05, 3.63) is 52.8 Å². The van der Waals surface area contributed by atoms with Gasteiger partial charge in [0.1, 0.15) is 5.69 Å². The highest BCUT2D eigenvalue weighted by atomic mass is 35.5. The number of nitrogens with zero attached hydrogens (tertiary/aromatic N) is 2. The highest BCUT2D eigenvalue weighted by Gasteiger charge is 2.58. The minimum absolute atomic E-state index is 0.0114. The lowest BCUT2D eigenvalue weighted by atomic mass is 9.73. The summed E-state index contributed by atoms with van der Waals surface area (Å²) < 4.78 is 1.75. The number of hydrogen-bond donors (Lipinski definition) is 1. The molecule has 1 aromatic carbocycles. The lowest BCUT2D eigenvalue weighted by molar-refractivity contribution is -0.121. The van der Waals surface area contributed by atoms with Gasteiger partial charge in [-0.3, -0.25) is 9.59 Å². The van der Waals surface area contributed by atoms with Gasteiger partial charge in [0.15, 0.2) is 0 Å². The second kappa shape index (κ2) is 6.16. The summed E-state index contributed by atoms with van der Waals surface area (Å²) in [6.45, 7) is 2.65. The first-order chi connectivity index (χ1) is 12.5. The standard InChI is InChI=1S/C20H22ClN3O2/c1-3-6-17-20(14-7-4-5-8-15(14)22-19(20)26)9-10-24(17)18(25)16-11-13(21)12-23(16)2/h4-5,7-8,11-12,17H,3,6,9-10H2,1-2H3,(H,22,26)/t17-,20+/m0/s1. The molecule has 2 aliphatic rings. The average molecular weight is 372 g/mol. The largest absolute Gasteiger partial charge is 0.345 e. The number of aryl methyl sites for hydroxylation is 1. The van der Waals surface area contributed by atoms with Crippen molar-refractivity contribution in [3.8, 4) is 0 Å². The Kier molecular flexibility index (Phi) is 4.07. The molecule has 0 unspecified atom stereocenters. The summed E-state index contributed by atoms with van der Waals surface area (Å²) in [5.41, 5.74) is 1.79. The fourth-order valence-electron chi connectivity index (χ4n) is 4.60. The first-order valence-corrected chi connectivity index (χ1v) is 9.40. The van der Waals surface area contributed by atoms with Gasteiger partial charge in [-0.2, -0.15) is 0 Å². The SMILES string of the molecule is CCC[C@@H]1N(C(=O)c2cc(Cl)cn2C)CC[C@]12C(=O)Nc1ccccc12. The van der Waals surface area contributed by atoms with Crippen LogP contribution in [0.1, 0.15) is 42.2 Å². The minimum atomic E-state index is -0.656. The van der Waals surface area contributed by atoms with Crippen LogP contribution in [0.4, 0.5) is 5.69 Å². The van der Waals surface area contributed by atoms with E-state index in [0.717, 1.165) is 24.1 Å². The molecule has 2 aliphatic heterocycles. The van der Waals surface area contributed by atoms with Crippen LogP contribution in [-0.2, 0) is 17.3 Å². The predicted molar refractivity (Wildman–Crippen MR) is 102 cm³/mol.